The third-order valence-electron chi connectivity index (χ3n) is 3.82. The van der Waals surface area contributed by atoms with Crippen LogP contribution in [0.25, 0.3) is 0 Å². The molecule has 25 heavy (non-hydrogen) atoms. The van der Waals surface area contributed by atoms with E-state index in [4.69, 9.17) is 5.11 Å². The van der Waals surface area contributed by atoms with Crippen LogP contribution in [0.4, 0.5) is 4.39 Å². The van der Waals surface area contributed by atoms with Crippen molar-refractivity contribution < 1.29 is 24.8 Å². The molecule has 4 nitrogen and oxygen atoms in total. The molecule has 0 radical (unpaired) electrons. The van der Waals surface area contributed by atoms with Gasteiger partial charge in [-0.3, -0.25) is 0 Å². The maximum atomic E-state index is 13.3. The molecule has 2 aromatic carbocycles. The first-order valence-electron chi connectivity index (χ1n) is 7.94. The first-order chi connectivity index (χ1) is 12.0. The van der Waals surface area contributed by atoms with Crippen LogP contribution >= 0.6 is 0 Å². The maximum absolute atomic E-state index is 13.3. The van der Waals surface area contributed by atoms with Crippen molar-refractivity contribution in [1.82, 2.24) is 0 Å². The minimum absolute atomic E-state index is 0.162. The van der Waals surface area contributed by atoms with E-state index in [2.05, 4.69) is 5.73 Å². The predicted octanol–water partition coefficient (Wildman–Crippen LogP) is 3.15. The molecule has 0 aromatic heterocycles. The van der Waals surface area contributed by atoms with Gasteiger partial charge < -0.3 is 20.4 Å². The van der Waals surface area contributed by atoms with E-state index in [0.29, 0.717) is 11.1 Å². The number of aliphatic hydroxyl groups excluding tert-OH is 3. The highest BCUT2D eigenvalue weighted by atomic mass is 19.1. The summed E-state index contributed by atoms with van der Waals surface area (Å²) in [6.45, 7) is -0.260. The summed E-state index contributed by atoms with van der Waals surface area (Å²) in [7, 11) is 0. The Hall–Kier alpha value is -2.43. The molecule has 0 aliphatic carbocycles. The lowest BCUT2D eigenvalue weighted by Crippen LogP contribution is -2.01. The number of benzene rings is 2. The topological polar surface area (TPSA) is 80.9 Å². The molecule has 132 valence electrons. The van der Waals surface area contributed by atoms with Crippen molar-refractivity contribution in [2.24, 2.45) is 0 Å². The molecule has 0 unspecified atom stereocenters. The van der Waals surface area contributed by atoms with Crippen LogP contribution in [0.5, 0.6) is 5.75 Å². The summed E-state index contributed by atoms with van der Waals surface area (Å²) in [6.07, 6.45) is 0.219. The van der Waals surface area contributed by atoms with E-state index in [1.807, 2.05) is 18.2 Å². The summed E-state index contributed by atoms with van der Waals surface area (Å²) in [5.74, 6) is -1.26. The van der Waals surface area contributed by atoms with Crippen molar-refractivity contribution in [3.05, 3.63) is 82.9 Å². The van der Waals surface area contributed by atoms with Gasteiger partial charge in [0.2, 0.25) is 0 Å². The molecule has 0 aliphatic rings. The van der Waals surface area contributed by atoms with E-state index in [-0.39, 0.29) is 19.4 Å². The van der Waals surface area contributed by atoms with Gasteiger partial charge in [0.05, 0.1) is 18.8 Å². The Labute approximate surface area is 145 Å². The molecule has 0 bridgehead atoms. The molecule has 5 heteroatoms. The van der Waals surface area contributed by atoms with Crippen molar-refractivity contribution in [1.29, 1.82) is 0 Å². The number of rotatable bonds is 7. The largest absolute Gasteiger partial charge is 0.505 e. The van der Waals surface area contributed by atoms with Gasteiger partial charge in [-0.15, -0.1) is 5.73 Å². The van der Waals surface area contributed by atoms with Gasteiger partial charge in [0.1, 0.15) is 0 Å². The number of hydrogen-bond acceptors (Lipinski definition) is 4. The summed E-state index contributed by atoms with van der Waals surface area (Å²) in [4.78, 5) is 0. The van der Waals surface area contributed by atoms with Crippen LogP contribution in [0.3, 0.4) is 0 Å². The highest BCUT2D eigenvalue weighted by Crippen LogP contribution is 2.23. The van der Waals surface area contributed by atoms with Crippen LogP contribution in [0.2, 0.25) is 0 Å². The minimum Gasteiger partial charge on any atom is -0.505 e. The average molecular weight is 344 g/mol. The van der Waals surface area contributed by atoms with E-state index in [0.717, 1.165) is 11.6 Å². The number of phenolic OH excluding ortho intramolecular Hbond substituents is 1. The van der Waals surface area contributed by atoms with Crippen LogP contribution in [0, 0.1) is 5.82 Å². The van der Waals surface area contributed by atoms with Gasteiger partial charge in [-0.1, -0.05) is 36.4 Å². The van der Waals surface area contributed by atoms with E-state index in [9.17, 15) is 19.7 Å². The molecule has 0 aliphatic heterocycles. The summed E-state index contributed by atoms with van der Waals surface area (Å²) in [5.41, 5.74) is 4.46. The van der Waals surface area contributed by atoms with Gasteiger partial charge in [-0.05, 0) is 34.9 Å². The lowest BCUT2D eigenvalue weighted by Gasteiger charge is -2.11. The van der Waals surface area contributed by atoms with Gasteiger partial charge in [0, 0.05) is 12.8 Å². The fraction of sp³-hybridized carbons (Fsp3) is 0.250. The zero-order valence-corrected chi connectivity index (χ0v) is 13.6. The Balaban J connectivity index is 2.01. The van der Waals surface area contributed by atoms with Crippen LogP contribution in [-0.4, -0.2) is 27.0 Å². The lowest BCUT2D eigenvalue weighted by molar-refractivity contribution is 0.172. The molecule has 4 N–H and O–H groups in total. The first-order valence-corrected chi connectivity index (χ1v) is 7.94. The fourth-order valence-electron chi connectivity index (χ4n) is 2.38. The summed E-state index contributed by atoms with van der Waals surface area (Å²) in [5, 5.41) is 38.8. The van der Waals surface area contributed by atoms with Crippen LogP contribution in [0.15, 0.2) is 65.9 Å². The molecule has 0 saturated heterocycles. The molecule has 2 rings (SSSR count). The van der Waals surface area contributed by atoms with Crippen molar-refractivity contribution in [2.75, 3.05) is 6.61 Å². The molecule has 0 amide bonds. The van der Waals surface area contributed by atoms with Crippen molar-refractivity contribution in [3.8, 4) is 5.75 Å². The molecule has 0 fully saturated rings. The zero-order chi connectivity index (χ0) is 18.2. The SMILES string of the molecule is OCC(=C=CC[C@@H](O)c1ccc(O)c(F)c1)C[C@@H](O)c1ccccc1. The molecule has 0 spiro atoms. The minimum atomic E-state index is -0.957. The maximum Gasteiger partial charge on any atom is 0.165 e. The van der Waals surface area contributed by atoms with Crippen LogP contribution in [-0.2, 0) is 0 Å². The van der Waals surface area contributed by atoms with Gasteiger partial charge in [0.25, 0.3) is 0 Å². The number of aliphatic hydroxyl groups is 3. The summed E-state index contributed by atoms with van der Waals surface area (Å²) in [6, 6.07) is 12.8. The highest BCUT2D eigenvalue weighted by Gasteiger charge is 2.10. The Bertz CT molecular complexity index is 752. The highest BCUT2D eigenvalue weighted by molar-refractivity contribution is 5.29. The Morgan fingerprint density at radius 3 is 2.40 bits per heavy atom. The van der Waals surface area contributed by atoms with Crippen molar-refractivity contribution in [3.63, 3.8) is 0 Å². The van der Waals surface area contributed by atoms with Gasteiger partial charge in [0.15, 0.2) is 11.6 Å². The zero-order valence-electron chi connectivity index (χ0n) is 13.6. The number of halogens is 1. The second kappa shape index (κ2) is 9.16. The van der Waals surface area contributed by atoms with Crippen molar-refractivity contribution in [2.45, 2.75) is 25.0 Å². The smallest absolute Gasteiger partial charge is 0.165 e. The monoisotopic (exact) mass is 344 g/mol. The summed E-state index contributed by atoms with van der Waals surface area (Å²) < 4.78 is 13.3. The number of hydrogen-bond donors (Lipinski definition) is 4. The average Bonchev–Trinajstić information content (AvgIpc) is 2.63. The van der Waals surface area contributed by atoms with Gasteiger partial charge in [-0.25, -0.2) is 4.39 Å². The van der Waals surface area contributed by atoms with Gasteiger partial charge >= 0.3 is 0 Å². The second-order valence-corrected chi connectivity index (χ2v) is 5.70. The molecule has 0 saturated carbocycles. The number of phenols is 1. The standard InChI is InChI=1S/C20H21FO4/c21-17-12-16(9-10-19(17)24)18(23)8-4-5-14(13-22)11-20(25)15-6-2-1-3-7-15/h1-4,6-7,9-10,12,18,20,22-25H,8,11,13H2/t5?,18-,20-/m1/s1. The molecular weight excluding hydrogens is 323 g/mol. The van der Waals surface area contributed by atoms with Crippen molar-refractivity contribution >= 4 is 0 Å². The lowest BCUT2D eigenvalue weighted by atomic mass is 10.0. The third kappa shape index (κ3) is 5.55. The molecular formula is C20H21FO4. The summed E-state index contributed by atoms with van der Waals surface area (Å²) >= 11 is 0. The predicted molar refractivity (Wildman–Crippen MR) is 92.3 cm³/mol. The Morgan fingerprint density at radius 1 is 1.04 bits per heavy atom. The quantitative estimate of drug-likeness (QED) is 0.582. The Morgan fingerprint density at radius 2 is 1.76 bits per heavy atom. The van der Waals surface area contributed by atoms with E-state index in [1.54, 1.807) is 18.2 Å². The fourth-order valence-corrected chi connectivity index (χ4v) is 2.38. The van der Waals surface area contributed by atoms with Gasteiger partial charge in [-0.2, -0.15) is 0 Å². The molecule has 2 atom stereocenters. The van der Waals surface area contributed by atoms with E-state index < -0.39 is 23.8 Å². The van der Waals surface area contributed by atoms with E-state index >= 15 is 0 Å². The molecule has 0 heterocycles. The van der Waals surface area contributed by atoms with Crippen LogP contribution in [0.1, 0.15) is 36.2 Å². The molecule has 2 aromatic rings. The third-order valence-corrected chi connectivity index (χ3v) is 3.82. The number of aromatic hydroxyl groups is 1. The normalized spacial score (nSPS) is 13.0. The van der Waals surface area contributed by atoms with E-state index in [1.165, 1.54) is 12.1 Å². The second-order valence-electron chi connectivity index (χ2n) is 5.70. The Kier molecular flexibility index (Phi) is 6.92. The van der Waals surface area contributed by atoms with Crippen LogP contribution < -0.4 is 0 Å². The first kappa shape index (κ1) is 18.9.